The van der Waals surface area contributed by atoms with Gasteiger partial charge in [-0.05, 0) is 30.7 Å². The first-order chi connectivity index (χ1) is 9.02. The van der Waals surface area contributed by atoms with Gasteiger partial charge in [-0.2, -0.15) is 5.10 Å². The van der Waals surface area contributed by atoms with E-state index in [1.54, 1.807) is 4.68 Å². The molecule has 0 unspecified atom stereocenters. The highest BCUT2D eigenvalue weighted by molar-refractivity contribution is 9.10. The van der Waals surface area contributed by atoms with Crippen molar-refractivity contribution in [3.63, 3.8) is 0 Å². The maximum absolute atomic E-state index is 6.16. The Morgan fingerprint density at radius 3 is 2.79 bits per heavy atom. The lowest BCUT2D eigenvalue weighted by Gasteiger charge is -2.08. The largest absolute Gasteiger partial charge is 0.489 e. The Balaban J connectivity index is 2.14. The van der Waals surface area contributed by atoms with Crippen molar-refractivity contribution < 1.29 is 4.74 Å². The average molecular weight is 345 g/mol. The van der Waals surface area contributed by atoms with Crippen LogP contribution in [0.25, 0.3) is 0 Å². The molecule has 0 aliphatic heterocycles. The Kier molecular flexibility index (Phi) is 4.50. The van der Waals surface area contributed by atoms with E-state index in [1.165, 1.54) is 0 Å². The number of halogens is 2. The smallest absolute Gasteiger partial charge is 0.133 e. The van der Waals surface area contributed by atoms with Gasteiger partial charge in [-0.25, -0.2) is 0 Å². The number of rotatable bonds is 4. The molecular formula is C13H15BrClN3O. The van der Waals surface area contributed by atoms with E-state index in [4.69, 9.17) is 22.1 Å². The predicted molar refractivity (Wildman–Crippen MR) is 79.3 cm³/mol. The molecule has 1 aromatic carbocycles. The summed E-state index contributed by atoms with van der Waals surface area (Å²) >= 11 is 9.60. The van der Waals surface area contributed by atoms with Gasteiger partial charge in [-0.1, -0.05) is 27.5 Å². The highest BCUT2D eigenvalue weighted by Gasteiger charge is 2.12. The third-order valence-electron chi connectivity index (χ3n) is 2.89. The molecule has 0 amide bonds. The van der Waals surface area contributed by atoms with Crippen molar-refractivity contribution in [3.05, 3.63) is 44.6 Å². The van der Waals surface area contributed by atoms with E-state index in [0.29, 0.717) is 18.3 Å². The zero-order valence-electron chi connectivity index (χ0n) is 10.8. The molecule has 1 aromatic heterocycles. The fourth-order valence-electron chi connectivity index (χ4n) is 1.79. The van der Waals surface area contributed by atoms with E-state index in [2.05, 4.69) is 21.0 Å². The second-order valence-corrected chi connectivity index (χ2v) is 5.44. The highest BCUT2D eigenvalue weighted by Crippen LogP contribution is 2.25. The average Bonchev–Trinajstić information content (AvgIpc) is 2.63. The van der Waals surface area contributed by atoms with Crippen LogP contribution in [0.4, 0.5) is 0 Å². The monoisotopic (exact) mass is 343 g/mol. The quantitative estimate of drug-likeness (QED) is 0.927. The van der Waals surface area contributed by atoms with Gasteiger partial charge in [-0.15, -0.1) is 0 Å². The van der Waals surface area contributed by atoms with Crippen molar-refractivity contribution in [2.75, 3.05) is 0 Å². The Morgan fingerprint density at radius 2 is 2.21 bits per heavy atom. The van der Waals surface area contributed by atoms with Crippen LogP contribution in [0.3, 0.4) is 0 Å². The number of hydrogen-bond donors (Lipinski definition) is 1. The zero-order valence-corrected chi connectivity index (χ0v) is 13.1. The van der Waals surface area contributed by atoms with Crippen LogP contribution in [0.2, 0.25) is 5.15 Å². The summed E-state index contributed by atoms with van der Waals surface area (Å²) in [5.74, 6) is 0.767. The van der Waals surface area contributed by atoms with E-state index in [-0.39, 0.29) is 0 Å². The molecule has 1 heterocycles. The minimum atomic E-state index is 0.393. The molecule has 0 aliphatic rings. The lowest BCUT2D eigenvalue weighted by Crippen LogP contribution is -2.00. The molecule has 0 spiro atoms. The molecule has 2 aromatic rings. The van der Waals surface area contributed by atoms with E-state index in [0.717, 1.165) is 27.0 Å². The number of aryl methyl sites for hydroxylation is 2. The number of ether oxygens (including phenoxy) is 1. The SMILES string of the molecule is Cc1nn(C)c(Cl)c1COc1ccc(Br)c(CN)c1. The summed E-state index contributed by atoms with van der Waals surface area (Å²) in [7, 11) is 1.81. The Morgan fingerprint density at radius 1 is 1.47 bits per heavy atom. The van der Waals surface area contributed by atoms with Crippen LogP contribution in [-0.2, 0) is 20.2 Å². The maximum atomic E-state index is 6.16. The first-order valence-electron chi connectivity index (χ1n) is 5.82. The van der Waals surface area contributed by atoms with Crippen molar-refractivity contribution in [2.45, 2.75) is 20.1 Å². The second kappa shape index (κ2) is 5.94. The lowest BCUT2D eigenvalue weighted by atomic mass is 10.2. The molecular weight excluding hydrogens is 330 g/mol. The minimum absolute atomic E-state index is 0.393. The van der Waals surface area contributed by atoms with Crippen LogP contribution in [-0.4, -0.2) is 9.78 Å². The van der Waals surface area contributed by atoms with Crippen molar-refractivity contribution in [3.8, 4) is 5.75 Å². The summed E-state index contributed by atoms with van der Waals surface area (Å²) < 4.78 is 8.38. The van der Waals surface area contributed by atoms with E-state index in [1.807, 2.05) is 32.2 Å². The third kappa shape index (κ3) is 3.11. The van der Waals surface area contributed by atoms with Crippen LogP contribution >= 0.6 is 27.5 Å². The number of nitrogens with zero attached hydrogens (tertiary/aromatic N) is 2. The molecule has 2 rings (SSSR count). The molecule has 0 saturated heterocycles. The number of nitrogens with two attached hydrogens (primary N) is 1. The third-order valence-corrected chi connectivity index (χ3v) is 4.14. The van der Waals surface area contributed by atoms with Crippen molar-refractivity contribution in [1.29, 1.82) is 0 Å². The van der Waals surface area contributed by atoms with E-state index >= 15 is 0 Å². The van der Waals surface area contributed by atoms with Crippen LogP contribution in [0.15, 0.2) is 22.7 Å². The molecule has 102 valence electrons. The van der Waals surface area contributed by atoms with Crippen LogP contribution in [0, 0.1) is 6.92 Å². The molecule has 0 bridgehead atoms. The number of aromatic nitrogens is 2. The van der Waals surface area contributed by atoms with Gasteiger partial charge in [0.15, 0.2) is 0 Å². The standard InChI is InChI=1S/C13H15BrClN3O/c1-8-11(13(15)18(2)17-8)7-19-10-3-4-12(14)9(5-10)6-16/h3-5H,6-7,16H2,1-2H3. The summed E-state index contributed by atoms with van der Waals surface area (Å²) in [6.45, 7) is 2.77. The van der Waals surface area contributed by atoms with Crippen LogP contribution < -0.4 is 10.5 Å². The normalized spacial score (nSPS) is 10.8. The van der Waals surface area contributed by atoms with Gasteiger partial charge < -0.3 is 10.5 Å². The topological polar surface area (TPSA) is 53.1 Å². The Labute approximate surface area is 125 Å². The fourth-order valence-corrected chi connectivity index (χ4v) is 2.43. The number of benzene rings is 1. The van der Waals surface area contributed by atoms with Gasteiger partial charge in [0.2, 0.25) is 0 Å². The molecule has 6 heteroatoms. The molecule has 0 aliphatic carbocycles. The molecule has 0 radical (unpaired) electrons. The first-order valence-corrected chi connectivity index (χ1v) is 6.99. The number of hydrogen-bond acceptors (Lipinski definition) is 3. The van der Waals surface area contributed by atoms with E-state index in [9.17, 15) is 0 Å². The summed E-state index contributed by atoms with van der Waals surface area (Å²) in [6, 6.07) is 5.74. The minimum Gasteiger partial charge on any atom is -0.489 e. The maximum Gasteiger partial charge on any atom is 0.133 e. The molecule has 0 saturated carbocycles. The fraction of sp³-hybridized carbons (Fsp3) is 0.308. The first kappa shape index (κ1) is 14.4. The van der Waals surface area contributed by atoms with E-state index < -0.39 is 0 Å². The highest BCUT2D eigenvalue weighted by atomic mass is 79.9. The molecule has 0 atom stereocenters. The summed E-state index contributed by atoms with van der Waals surface area (Å²) in [5.41, 5.74) is 8.45. The predicted octanol–water partition coefficient (Wildman–Crippen LogP) is 3.18. The van der Waals surface area contributed by atoms with Gasteiger partial charge in [0.05, 0.1) is 5.69 Å². The molecule has 19 heavy (non-hydrogen) atoms. The van der Waals surface area contributed by atoms with Gasteiger partial charge >= 0.3 is 0 Å². The molecule has 2 N–H and O–H groups in total. The van der Waals surface area contributed by atoms with Gasteiger partial charge in [-0.3, -0.25) is 4.68 Å². The van der Waals surface area contributed by atoms with Gasteiger partial charge in [0, 0.05) is 23.6 Å². The molecule has 4 nitrogen and oxygen atoms in total. The molecule has 0 fully saturated rings. The Hall–Kier alpha value is -1.04. The van der Waals surface area contributed by atoms with Gasteiger partial charge in [0.1, 0.15) is 17.5 Å². The summed E-state index contributed by atoms with van der Waals surface area (Å²) in [4.78, 5) is 0. The van der Waals surface area contributed by atoms with Crippen molar-refractivity contribution in [1.82, 2.24) is 9.78 Å². The lowest BCUT2D eigenvalue weighted by molar-refractivity contribution is 0.305. The second-order valence-electron chi connectivity index (χ2n) is 4.22. The summed E-state index contributed by atoms with van der Waals surface area (Å²) in [5, 5.41) is 4.85. The van der Waals surface area contributed by atoms with Crippen LogP contribution in [0.5, 0.6) is 5.75 Å². The van der Waals surface area contributed by atoms with Gasteiger partial charge in [0.25, 0.3) is 0 Å². The zero-order chi connectivity index (χ0) is 14.0. The van der Waals surface area contributed by atoms with Crippen molar-refractivity contribution in [2.24, 2.45) is 12.8 Å². The van der Waals surface area contributed by atoms with Crippen molar-refractivity contribution >= 4 is 27.5 Å². The Bertz CT molecular complexity index is 598. The van der Waals surface area contributed by atoms with Crippen LogP contribution in [0.1, 0.15) is 16.8 Å². The summed E-state index contributed by atoms with van der Waals surface area (Å²) in [6.07, 6.45) is 0.